The zero-order valence-electron chi connectivity index (χ0n) is 13.2. The fraction of sp³-hybridized carbons (Fsp3) is 0.222. The van der Waals surface area contributed by atoms with Crippen molar-refractivity contribution < 1.29 is 14.3 Å². The van der Waals surface area contributed by atoms with Crippen molar-refractivity contribution in [2.24, 2.45) is 0 Å². The molecule has 2 N–H and O–H groups in total. The van der Waals surface area contributed by atoms with E-state index in [2.05, 4.69) is 10.6 Å². The molecule has 2 aromatic carbocycles. The van der Waals surface area contributed by atoms with Crippen molar-refractivity contribution in [2.75, 3.05) is 19.0 Å². The summed E-state index contributed by atoms with van der Waals surface area (Å²) >= 11 is 0. The maximum absolute atomic E-state index is 12.3. The van der Waals surface area contributed by atoms with Gasteiger partial charge in [0.25, 0.3) is 5.91 Å². The Morgan fingerprint density at radius 2 is 1.83 bits per heavy atom. The van der Waals surface area contributed by atoms with Gasteiger partial charge in [-0.05, 0) is 30.7 Å². The van der Waals surface area contributed by atoms with Crippen LogP contribution in [0.5, 0.6) is 0 Å². The molecule has 0 spiro atoms. The van der Waals surface area contributed by atoms with Crippen molar-refractivity contribution >= 4 is 17.6 Å². The van der Waals surface area contributed by atoms with E-state index in [1.807, 2.05) is 36.4 Å². The van der Waals surface area contributed by atoms with Crippen molar-refractivity contribution in [3.05, 3.63) is 65.7 Å². The third-order valence-electron chi connectivity index (χ3n) is 3.32. The molecule has 0 bridgehead atoms. The molecule has 0 heterocycles. The van der Waals surface area contributed by atoms with Crippen molar-refractivity contribution in [1.82, 2.24) is 5.32 Å². The lowest BCUT2D eigenvalue weighted by Gasteiger charge is -2.19. The number of rotatable bonds is 6. The van der Waals surface area contributed by atoms with Crippen LogP contribution in [0.2, 0.25) is 0 Å². The largest absolute Gasteiger partial charge is 0.464 e. The highest BCUT2D eigenvalue weighted by molar-refractivity contribution is 5.95. The van der Waals surface area contributed by atoms with Crippen LogP contribution in [-0.4, -0.2) is 25.5 Å². The molecule has 2 aromatic rings. The van der Waals surface area contributed by atoms with Gasteiger partial charge < -0.3 is 15.4 Å². The van der Waals surface area contributed by atoms with Crippen LogP contribution in [0.4, 0.5) is 5.69 Å². The summed E-state index contributed by atoms with van der Waals surface area (Å²) in [5.41, 5.74) is 2.00. The van der Waals surface area contributed by atoms with Gasteiger partial charge in [-0.15, -0.1) is 0 Å². The van der Waals surface area contributed by atoms with Crippen LogP contribution in [0.3, 0.4) is 0 Å². The average Bonchev–Trinajstić information content (AvgIpc) is 2.60. The number of carbonyl (C=O) groups is 2. The lowest BCUT2D eigenvalue weighted by atomic mass is 10.1. The number of anilines is 1. The van der Waals surface area contributed by atoms with Gasteiger partial charge in [0.15, 0.2) is 6.04 Å². The summed E-state index contributed by atoms with van der Waals surface area (Å²) in [6.07, 6.45) is 0. The van der Waals surface area contributed by atoms with E-state index in [0.29, 0.717) is 17.9 Å². The third kappa shape index (κ3) is 4.32. The van der Waals surface area contributed by atoms with Crippen LogP contribution in [0.25, 0.3) is 0 Å². The zero-order chi connectivity index (χ0) is 16.7. The Labute approximate surface area is 135 Å². The second kappa shape index (κ2) is 7.98. The molecule has 5 nitrogen and oxygen atoms in total. The number of esters is 1. The molecular weight excluding hydrogens is 292 g/mol. The van der Waals surface area contributed by atoms with E-state index in [1.165, 1.54) is 0 Å². The quantitative estimate of drug-likeness (QED) is 0.805. The Balaban J connectivity index is 2.27. The van der Waals surface area contributed by atoms with Crippen molar-refractivity contribution in [1.29, 1.82) is 0 Å². The number of hydrogen-bond acceptors (Lipinski definition) is 4. The number of hydrogen-bond donors (Lipinski definition) is 2. The summed E-state index contributed by atoms with van der Waals surface area (Å²) in [6, 6.07) is 15.7. The smallest absolute Gasteiger partial charge is 0.333 e. The van der Waals surface area contributed by atoms with Crippen molar-refractivity contribution in [3.8, 4) is 0 Å². The van der Waals surface area contributed by atoms with Gasteiger partial charge in [0.2, 0.25) is 0 Å². The molecule has 0 aliphatic heterocycles. The molecule has 2 rings (SSSR count). The zero-order valence-corrected chi connectivity index (χ0v) is 13.2. The highest BCUT2D eigenvalue weighted by Gasteiger charge is 2.21. The van der Waals surface area contributed by atoms with Crippen LogP contribution >= 0.6 is 0 Å². The highest BCUT2D eigenvalue weighted by atomic mass is 16.5. The molecular formula is C18H20N2O3. The molecule has 0 saturated carbocycles. The first-order valence-corrected chi connectivity index (χ1v) is 7.46. The van der Waals surface area contributed by atoms with Crippen molar-refractivity contribution in [3.63, 3.8) is 0 Å². The van der Waals surface area contributed by atoms with E-state index in [9.17, 15) is 9.59 Å². The molecule has 120 valence electrons. The van der Waals surface area contributed by atoms with E-state index >= 15 is 0 Å². The summed E-state index contributed by atoms with van der Waals surface area (Å²) in [5, 5.41) is 5.72. The summed E-state index contributed by atoms with van der Waals surface area (Å²) in [7, 11) is 1.58. The molecule has 0 unspecified atom stereocenters. The molecule has 0 fully saturated rings. The molecule has 1 amide bonds. The standard InChI is InChI=1S/C18H20N2O3/c1-3-23-18(22)16(13-8-5-4-6-9-13)20-15-11-7-10-14(12-15)17(21)19-2/h4-12,16,20H,3H2,1-2H3,(H,19,21)/t16-/m0/s1. The van der Waals surface area contributed by atoms with E-state index in [-0.39, 0.29) is 11.9 Å². The van der Waals surface area contributed by atoms with Crippen LogP contribution in [0.1, 0.15) is 28.9 Å². The molecule has 0 aliphatic rings. The van der Waals surface area contributed by atoms with Crippen molar-refractivity contribution in [2.45, 2.75) is 13.0 Å². The Kier molecular flexibility index (Phi) is 5.74. The average molecular weight is 312 g/mol. The SMILES string of the molecule is CCOC(=O)[C@@H](Nc1cccc(C(=O)NC)c1)c1ccccc1. The topological polar surface area (TPSA) is 67.4 Å². The van der Waals surface area contributed by atoms with Crippen LogP contribution in [0.15, 0.2) is 54.6 Å². The monoisotopic (exact) mass is 312 g/mol. The number of ether oxygens (including phenoxy) is 1. The summed E-state index contributed by atoms with van der Waals surface area (Å²) < 4.78 is 5.15. The molecule has 0 radical (unpaired) electrons. The number of nitrogens with one attached hydrogen (secondary N) is 2. The van der Waals surface area contributed by atoms with Gasteiger partial charge in [0.05, 0.1) is 6.61 Å². The summed E-state index contributed by atoms with van der Waals surface area (Å²) in [6.45, 7) is 2.08. The minimum Gasteiger partial charge on any atom is -0.464 e. The fourth-order valence-corrected chi connectivity index (χ4v) is 2.21. The Morgan fingerprint density at radius 1 is 1.09 bits per heavy atom. The number of amides is 1. The second-order valence-electron chi connectivity index (χ2n) is 4.90. The molecule has 0 saturated heterocycles. The lowest BCUT2D eigenvalue weighted by molar-refractivity contribution is -0.144. The van der Waals surface area contributed by atoms with E-state index in [1.54, 1.807) is 32.2 Å². The Morgan fingerprint density at radius 3 is 2.48 bits per heavy atom. The predicted octanol–water partition coefficient (Wildman–Crippen LogP) is 2.76. The van der Waals surface area contributed by atoms with Gasteiger partial charge in [-0.25, -0.2) is 4.79 Å². The number of benzene rings is 2. The lowest BCUT2D eigenvalue weighted by Crippen LogP contribution is -2.24. The first-order chi connectivity index (χ1) is 11.2. The third-order valence-corrected chi connectivity index (χ3v) is 3.32. The van der Waals surface area contributed by atoms with E-state index < -0.39 is 6.04 Å². The molecule has 23 heavy (non-hydrogen) atoms. The normalized spacial score (nSPS) is 11.4. The first-order valence-electron chi connectivity index (χ1n) is 7.46. The Bertz CT molecular complexity index is 671. The van der Waals surface area contributed by atoms with Crippen LogP contribution < -0.4 is 10.6 Å². The molecule has 0 aromatic heterocycles. The number of carbonyl (C=O) groups excluding carboxylic acids is 2. The second-order valence-corrected chi connectivity index (χ2v) is 4.90. The Hall–Kier alpha value is -2.82. The van der Waals surface area contributed by atoms with Gasteiger partial charge in [0.1, 0.15) is 0 Å². The van der Waals surface area contributed by atoms with Gasteiger partial charge in [-0.1, -0.05) is 36.4 Å². The molecule has 1 atom stereocenters. The predicted molar refractivity (Wildman–Crippen MR) is 89.3 cm³/mol. The molecule has 5 heteroatoms. The van der Waals surface area contributed by atoms with E-state index in [4.69, 9.17) is 4.74 Å². The van der Waals surface area contributed by atoms with E-state index in [0.717, 1.165) is 5.56 Å². The minimum atomic E-state index is -0.629. The van der Waals surface area contributed by atoms with Gasteiger partial charge >= 0.3 is 5.97 Å². The van der Waals surface area contributed by atoms with Gasteiger partial charge in [0, 0.05) is 18.3 Å². The van der Waals surface area contributed by atoms with Gasteiger partial charge in [-0.2, -0.15) is 0 Å². The first kappa shape index (κ1) is 16.5. The van der Waals surface area contributed by atoms with Gasteiger partial charge in [-0.3, -0.25) is 4.79 Å². The fourth-order valence-electron chi connectivity index (χ4n) is 2.21. The van der Waals surface area contributed by atoms with Crippen LogP contribution in [-0.2, 0) is 9.53 Å². The van der Waals surface area contributed by atoms with Crippen LogP contribution in [0, 0.1) is 0 Å². The highest BCUT2D eigenvalue weighted by Crippen LogP contribution is 2.22. The summed E-state index contributed by atoms with van der Waals surface area (Å²) in [4.78, 5) is 24.0. The maximum atomic E-state index is 12.3. The minimum absolute atomic E-state index is 0.180. The maximum Gasteiger partial charge on any atom is 0.333 e. The summed E-state index contributed by atoms with van der Waals surface area (Å²) in [5.74, 6) is -0.537. The molecule has 0 aliphatic carbocycles.